The summed E-state index contributed by atoms with van der Waals surface area (Å²) in [6, 6.07) is 9.64. The Kier molecular flexibility index (Phi) is 6.24. The topological polar surface area (TPSA) is 57.3 Å². The van der Waals surface area contributed by atoms with Crippen molar-refractivity contribution < 1.29 is 4.79 Å². The van der Waals surface area contributed by atoms with Crippen molar-refractivity contribution in [3.63, 3.8) is 0 Å². The third-order valence-corrected chi connectivity index (χ3v) is 5.08. The molecule has 136 valence electrons. The molecule has 0 radical (unpaired) electrons. The van der Waals surface area contributed by atoms with E-state index < -0.39 is 0 Å². The number of anilines is 1. The number of nitrogens with one attached hydrogen (secondary N) is 2. The summed E-state index contributed by atoms with van der Waals surface area (Å²) >= 11 is 5.12. The van der Waals surface area contributed by atoms with Crippen LogP contribution < -0.4 is 10.6 Å². The van der Waals surface area contributed by atoms with Gasteiger partial charge in [-0.3, -0.25) is 0 Å². The summed E-state index contributed by atoms with van der Waals surface area (Å²) in [4.78, 5) is 19.1. The van der Waals surface area contributed by atoms with E-state index in [-0.39, 0.29) is 6.03 Å². The molecule has 3 aromatic rings. The van der Waals surface area contributed by atoms with Gasteiger partial charge in [-0.05, 0) is 62.8 Å². The lowest BCUT2D eigenvalue weighted by atomic mass is 10.1. The molecule has 0 saturated heterocycles. The number of pyridine rings is 1. The Morgan fingerprint density at radius 2 is 2.12 bits per heavy atom. The second-order valence-corrected chi connectivity index (χ2v) is 7.96. The van der Waals surface area contributed by atoms with Crippen molar-refractivity contribution in [3.05, 3.63) is 45.6 Å². The van der Waals surface area contributed by atoms with Crippen molar-refractivity contribution in [2.24, 2.45) is 0 Å². The van der Waals surface area contributed by atoms with E-state index in [9.17, 15) is 4.79 Å². The van der Waals surface area contributed by atoms with Crippen molar-refractivity contribution in [1.82, 2.24) is 15.2 Å². The van der Waals surface area contributed by atoms with Crippen LogP contribution in [0.1, 0.15) is 6.42 Å². The summed E-state index contributed by atoms with van der Waals surface area (Å²) in [7, 11) is 4.04. The molecule has 7 heteroatoms. The van der Waals surface area contributed by atoms with Crippen molar-refractivity contribution in [2.45, 2.75) is 6.42 Å². The highest BCUT2D eigenvalue weighted by atomic mass is 79.9. The van der Waals surface area contributed by atoms with E-state index in [1.54, 1.807) is 11.3 Å². The first-order valence-corrected chi connectivity index (χ1v) is 10.1. The first kappa shape index (κ1) is 18.8. The highest BCUT2D eigenvalue weighted by Crippen LogP contribution is 2.31. The van der Waals surface area contributed by atoms with Crippen molar-refractivity contribution in [1.29, 1.82) is 0 Å². The van der Waals surface area contributed by atoms with Crippen LogP contribution in [0, 0.1) is 0 Å². The van der Waals surface area contributed by atoms with E-state index in [1.165, 1.54) is 0 Å². The number of thiophene rings is 1. The summed E-state index contributed by atoms with van der Waals surface area (Å²) in [6.07, 6.45) is 0.906. The summed E-state index contributed by atoms with van der Waals surface area (Å²) in [6.45, 7) is 1.57. The predicted octanol–water partition coefficient (Wildman–Crippen LogP) is 4.80. The molecule has 26 heavy (non-hydrogen) atoms. The number of nitrogens with zero attached hydrogens (tertiary/aromatic N) is 2. The van der Waals surface area contributed by atoms with Crippen LogP contribution in [0.4, 0.5) is 10.5 Å². The van der Waals surface area contributed by atoms with Gasteiger partial charge in [0.15, 0.2) is 0 Å². The molecule has 0 aliphatic rings. The number of carbonyl (C=O) groups excluding carboxylic acids is 1. The Balaban J connectivity index is 1.83. The lowest BCUT2D eigenvalue weighted by Crippen LogP contribution is -2.31. The number of hydrogen-bond acceptors (Lipinski definition) is 4. The van der Waals surface area contributed by atoms with E-state index in [4.69, 9.17) is 4.98 Å². The lowest BCUT2D eigenvalue weighted by molar-refractivity contribution is 0.251. The Morgan fingerprint density at radius 3 is 2.85 bits per heavy atom. The number of halogens is 1. The minimum atomic E-state index is -0.201. The molecule has 0 aliphatic heterocycles. The number of amides is 2. The molecular formula is C19H21BrN4OS. The summed E-state index contributed by atoms with van der Waals surface area (Å²) in [5, 5.41) is 10.9. The number of hydrogen-bond donors (Lipinski definition) is 2. The van der Waals surface area contributed by atoms with Crippen molar-refractivity contribution >= 4 is 49.9 Å². The number of fused-ring (bicyclic) bond motifs is 1. The van der Waals surface area contributed by atoms with Gasteiger partial charge in [0, 0.05) is 27.3 Å². The molecule has 2 aromatic heterocycles. The zero-order chi connectivity index (χ0) is 18.5. The molecule has 5 nitrogen and oxygen atoms in total. The summed E-state index contributed by atoms with van der Waals surface area (Å²) in [5.41, 5.74) is 3.50. The Labute approximate surface area is 165 Å². The zero-order valence-electron chi connectivity index (χ0n) is 14.8. The monoisotopic (exact) mass is 432 g/mol. The molecule has 0 unspecified atom stereocenters. The third-order valence-electron chi connectivity index (χ3n) is 3.90. The molecule has 2 amide bonds. The number of carbonyl (C=O) groups is 1. The average molecular weight is 433 g/mol. The number of benzene rings is 1. The van der Waals surface area contributed by atoms with Gasteiger partial charge in [-0.2, -0.15) is 11.3 Å². The normalized spacial score (nSPS) is 11.1. The highest BCUT2D eigenvalue weighted by Gasteiger charge is 2.11. The fourth-order valence-electron chi connectivity index (χ4n) is 2.62. The predicted molar refractivity (Wildman–Crippen MR) is 113 cm³/mol. The molecule has 0 saturated carbocycles. The van der Waals surface area contributed by atoms with Gasteiger partial charge in [0.1, 0.15) is 0 Å². The second kappa shape index (κ2) is 8.62. The number of aromatic nitrogens is 1. The molecule has 0 atom stereocenters. The Bertz CT molecular complexity index is 896. The van der Waals surface area contributed by atoms with Gasteiger partial charge in [-0.25, -0.2) is 9.78 Å². The van der Waals surface area contributed by atoms with Crippen LogP contribution in [-0.2, 0) is 0 Å². The van der Waals surface area contributed by atoms with Gasteiger partial charge in [0.25, 0.3) is 0 Å². The first-order valence-electron chi connectivity index (χ1n) is 8.35. The van der Waals surface area contributed by atoms with Crippen LogP contribution in [0.15, 0.2) is 45.6 Å². The molecule has 2 N–H and O–H groups in total. The van der Waals surface area contributed by atoms with Gasteiger partial charge in [0.2, 0.25) is 0 Å². The van der Waals surface area contributed by atoms with Gasteiger partial charge in [-0.15, -0.1) is 0 Å². The maximum Gasteiger partial charge on any atom is 0.319 e. The van der Waals surface area contributed by atoms with Crippen LogP contribution in [0.5, 0.6) is 0 Å². The zero-order valence-corrected chi connectivity index (χ0v) is 17.2. The van der Waals surface area contributed by atoms with Gasteiger partial charge >= 0.3 is 6.03 Å². The van der Waals surface area contributed by atoms with Gasteiger partial charge in [0.05, 0.1) is 16.9 Å². The van der Waals surface area contributed by atoms with Crippen LogP contribution in [0.25, 0.3) is 22.2 Å². The molecule has 0 spiro atoms. The lowest BCUT2D eigenvalue weighted by Gasteiger charge is -2.13. The number of rotatable bonds is 6. The standard InChI is InChI=1S/C19H21BrN4OS/c1-24(2)8-3-7-21-19(25)23-18-11-17(13-6-9-26-12-13)22-16-5-4-14(20)10-15(16)18/h4-6,9-12H,3,7-8H2,1-2H3,(H2,21,22,23,25). The first-order chi connectivity index (χ1) is 12.5. The maximum atomic E-state index is 12.3. The summed E-state index contributed by atoms with van der Waals surface area (Å²) in [5.74, 6) is 0. The molecule has 1 aromatic carbocycles. The van der Waals surface area contributed by atoms with Crippen molar-refractivity contribution in [2.75, 3.05) is 32.5 Å². The quantitative estimate of drug-likeness (QED) is 0.549. The fraction of sp³-hybridized carbons (Fsp3) is 0.263. The summed E-state index contributed by atoms with van der Waals surface area (Å²) < 4.78 is 0.949. The Morgan fingerprint density at radius 1 is 1.27 bits per heavy atom. The van der Waals surface area contributed by atoms with E-state index >= 15 is 0 Å². The highest BCUT2D eigenvalue weighted by molar-refractivity contribution is 9.10. The van der Waals surface area contributed by atoms with Crippen LogP contribution in [-0.4, -0.2) is 43.1 Å². The van der Waals surface area contributed by atoms with Crippen LogP contribution in [0.2, 0.25) is 0 Å². The molecule has 0 bridgehead atoms. The Hall–Kier alpha value is -1.96. The molecular weight excluding hydrogens is 412 g/mol. The van der Waals surface area contributed by atoms with Crippen molar-refractivity contribution in [3.8, 4) is 11.3 Å². The largest absolute Gasteiger partial charge is 0.338 e. The second-order valence-electron chi connectivity index (χ2n) is 6.27. The van der Waals surface area contributed by atoms with Gasteiger partial charge in [-0.1, -0.05) is 15.9 Å². The minimum absolute atomic E-state index is 0.201. The minimum Gasteiger partial charge on any atom is -0.338 e. The van der Waals surface area contributed by atoms with E-state index in [1.807, 2.05) is 49.8 Å². The van der Waals surface area contributed by atoms with E-state index in [2.05, 4.69) is 36.8 Å². The molecule has 0 aliphatic carbocycles. The number of urea groups is 1. The molecule has 2 heterocycles. The maximum absolute atomic E-state index is 12.3. The van der Waals surface area contributed by atoms with E-state index in [0.717, 1.165) is 45.3 Å². The molecule has 0 fully saturated rings. The molecule has 3 rings (SSSR count). The van der Waals surface area contributed by atoms with E-state index in [0.29, 0.717) is 6.54 Å². The smallest absolute Gasteiger partial charge is 0.319 e. The fourth-order valence-corrected chi connectivity index (χ4v) is 3.63. The van der Waals surface area contributed by atoms with Gasteiger partial charge < -0.3 is 15.5 Å². The van der Waals surface area contributed by atoms with Crippen LogP contribution in [0.3, 0.4) is 0 Å². The SMILES string of the molecule is CN(C)CCCNC(=O)Nc1cc(-c2ccsc2)nc2ccc(Br)cc12. The average Bonchev–Trinajstić information content (AvgIpc) is 3.13. The third kappa shape index (κ3) is 4.81. The van der Waals surface area contributed by atoms with Crippen LogP contribution >= 0.6 is 27.3 Å².